The molecule has 130 valence electrons. The van der Waals surface area contributed by atoms with Crippen LogP contribution < -0.4 is 0 Å². The van der Waals surface area contributed by atoms with Gasteiger partial charge in [-0.05, 0) is 63.1 Å². The second-order valence-electron chi connectivity index (χ2n) is 7.79. The number of carboxylic acid groups (broad SMARTS) is 1. The molecule has 1 saturated heterocycles. The van der Waals surface area contributed by atoms with E-state index in [2.05, 4.69) is 24.9 Å². The molecule has 2 fully saturated rings. The normalized spacial score (nSPS) is 24.0. The Labute approximate surface area is 146 Å². The summed E-state index contributed by atoms with van der Waals surface area (Å²) in [4.78, 5) is 16.0. The van der Waals surface area contributed by atoms with Gasteiger partial charge < -0.3 is 14.2 Å². The van der Waals surface area contributed by atoms with Crippen LogP contribution in [-0.4, -0.2) is 32.7 Å². The first-order chi connectivity index (χ1) is 11.9. The molecule has 0 spiro atoms. The van der Waals surface area contributed by atoms with Crippen LogP contribution in [-0.2, 0) is 10.2 Å². The number of hydrogen-bond acceptors (Lipinski definition) is 4. The molecular formula is C19H21N3O3. The minimum atomic E-state index is -1.08. The fraction of sp³-hybridized carbons (Fsp3) is 0.526. The van der Waals surface area contributed by atoms with Crippen molar-refractivity contribution in [1.82, 2.24) is 9.38 Å². The molecule has 6 nitrogen and oxygen atoms in total. The molecule has 1 N–H and O–H groups in total. The molecule has 1 atom stereocenters. The minimum absolute atomic E-state index is 0.00325. The zero-order valence-corrected chi connectivity index (χ0v) is 14.5. The molecule has 0 unspecified atom stereocenters. The summed E-state index contributed by atoms with van der Waals surface area (Å²) in [6.07, 6.45) is 5.12. The summed E-state index contributed by atoms with van der Waals surface area (Å²) in [5.74, 6) is -0.706. The standard InChI is InChI=1S/C19H21N3O3/c1-18(2)10-13(4-8-25-18)12-3-7-22-14(9-12)21-15(17(23)24)16(22)19(11-20)5-6-19/h3,7,9,13H,4-6,8,10H2,1-2H3,(H,23,24)/t13-/m0/s1. The third kappa shape index (κ3) is 2.59. The lowest BCUT2D eigenvalue weighted by atomic mass is 9.84. The van der Waals surface area contributed by atoms with Crippen molar-refractivity contribution in [1.29, 1.82) is 5.26 Å². The summed E-state index contributed by atoms with van der Waals surface area (Å²) in [6, 6.07) is 6.29. The van der Waals surface area contributed by atoms with Crippen LogP contribution in [0, 0.1) is 11.3 Å². The number of nitriles is 1. The van der Waals surface area contributed by atoms with Crippen molar-refractivity contribution in [3.05, 3.63) is 35.3 Å². The van der Waals surface area contributed by atoms with Crippen molar-refractivity contribution in [2.45, 2.75) is 56.5 Å². The number of rotatable bonds is 3. The first kappa shape index (κ1) is 16.1. The molecule has 1 saturated carbocycles. The van der Waals surface area contributed by atoms with Gasteiger partial charge in [-0.1, -0.05) is 0 Å². The third-order valence-corrected chi connectivity index (χ3v) is 5.44. The van der Waals surface area contributed by atoms with Crippen molar-refractivity contribution in [3.8, 4) is 6.07 Å². The molecule has 1 aliphatic heterocycles. The van der Waals surface area contributed by atoms with Crippen molar-refractivity contribution in [3.63, 3.8) is 0 Å². The number of carboxylic acids is 1. The molecule has 0 radical (unpaired) electrons. The van der Waals surface area contributed by atoms with Crippen LogP contribution in [0.15, 0.2) is 18.3 Å². The van der Waals surface area contributed by atoms with Gasteiger partial charge in [0.05, 0.1) is 17.4 Å². The van der Waals surface area contributed by atoms with E-state index in [1.807, 2.05) is 18.3 Å². The lowest BCUT2D eigenvalue weighted by Gasteiger charge is -2.35. The fourth-order valence-corrected chi connectivity index (χ4v) is 3.96. The SMILES string of the molecule is CC1(C)C[C@@H](c2ccn3c(C4(C#N)CC4)c(C(=O)O)nc3c2)CCO1. The van der Waals surface area contributed by atoms with Gasteiger partial charge in [0.25, 0.3) is 0 Å². The number of imidazole rings is 1. The van der Waals surface area contributed by atoms with Crippen LogP contribution in [0.3, 0.4) is 0 Å². The van der Waals surface area contributed by atoms with E-state index in [1.54, 1.807) is 4.40 Å². The number of aromatic nitrogens is 2. The molecule has 2 aromatic heterocycles. The van der Waals surface area contributed by atoms with Crippen LogP contribution in [0.5, 0.6) is 0 Å². The highest BCUT2D eigenvalue weighted by Crippen LogP contribution is 2.49. The molecule has 1 aliphatic carbocycles. The van der Waals surface area contributed by atoms with Crippen molar-refractivity contribution >= 4 is 11.6 Å². The minimum Gasteiger partial charge on any atom is -0.476 e. The number of carbonyl (C=O) groups is 1. The Morgan fingerprint density at radius 3 is 2.84 bits per heavy atom. The van der Waals surface area contributed by atoms with Crippen LogP contribution in [0.1, 0.15) is 67.2 Å². The van der Waals surface area contributed by atoms with Crippen LogP contribution in [0.4, 0.5) is 0 Å². The van der Waals surface area contributed by atoms with Gasteiger partial charge in [-0.15, -0.1) is 0 Å². The fourth-order valence-electron chi connectivity index (χ4n) is 3.96. The molecule has 0 aromatic carbocycles. The van der Waals surface area contributed by atoms with Gasteiger partial charge in [-0.25, -0.2) is 9.78 Å². The molecule has 2 aliphatic rings. The molecule has 6 heteroatoms. The predicted octanol–water partition coefficient (Wildman–Crippen LogP) is 3.26. The molecule has 0 bridgehead atoms. The topological polar surface area (TPSA) is 87.6 Å². The van der Waals surface area contributed by atoms with Crippen molar-refractivity contribution in [2.24, 2.45) is 0 Å². The number of ether oxygens (including phenoxy) is 1. The quantitative estimate of drug-likeness (QED) is 0.927. The van der Waals surface area contributed by atoms with E-state index in [9.17, 15) is 15.2 Å². The number of hydrogen-bond donors (Lipinski definition) is 1. The van der Waals surface area contributed by atoms with Crippen LogP contribution in [0.2, 0.25) is 0 Å². The zero-order chi connectivity index (χ0) is 17.8. The van der Waals surface area contributed by atoms with E-state index in [0.29, 0.717) is 30.1 Å². The van der Waals surface area contributed by atoms with E-state index >= 15 is 0 Å². The van der Waals surface area contributed by atoms with Gasteiger partial charge >= 0.3 is 5.97 Å². The Morgan fingerprint density at radius 2 is 2.24 bits per heavy atom. The summed E-state index contributed by atoms with van der Waals surface area (Å²) >= 11 is 0. The number of aromatic carboxylic acids is 1. The highest BCUT2D eigenvalue weighted by molar-refractivity contribution is 5.89. The molecule has 0 amide bonds. The van der Waals surface area contributed by atoms with Gasteiger partial charge in [0.2, 0.25) is 0 Å². The van der Waals surface area contributed by atoms with E-state index in [1.165, 1.54) is 0 Å². The molecule has 25 heavy (non-hydrogen) atoms. The van der Waals surface area contributed by atoms with Crippen molar-refractivity contribution in [2.75, 3.05) is 6.61 Å². The highest BCUT2D eigenvalue weighted by atomic mass is 16.5. The monoisotopic (exact) mass is 339 g/mol. The zero-order valence-electron chi connectivity index (χ0n) is 14.5. The molecular weight excluding hydrogens is 318 g/mol. The maximum atomic E-state index is 11.7. The maximum Gasteiger partial charge on any atom is 0.356 e. The van der Waals surface area contributed by atoms with Crippen LogP contribution >= 0.6 is 0 Å². The van der Waals surface area contributed by atoms with Crippen LogP contribution in [0.25, 0.3) is 5.65 Å². The number of nitrogens with zero attached hydrogens (tertiary/aromatic N) is 3. The van der Waals surface area contributed by atoms with E-state index in [0.717, 1.165) is 25.0 Å². The first-order valence-electron chi connectivity index (χ1n) is 8.66. The summed E-state index contributed by atoms with van der Waals surface area (Å²) < 4.78 is 7.58. The second-order valence-corrected chi connectivity index (χ2v) is 7.79. The Balaban J connectivity index is 1.80. The number of fused-ring (bicyclic) bond motifs is 1. The van der Waals surface area contributed by atoms with E-state index in [-0.39, 0.29) is 11.3 Å². The second kappa shape index (κ2) is 5.30. The van der Waals surface area contributed by atoms with E-state index in [4.69, 9.17) is 4.74 Å². The Kier molecular flexibility index (Phi) is 3.41. The third-order valence-electron chi connectivity index (χ3n) is 5.44. The van der Waals surface area contributed by atoms with Crippen molar-refractivity contribution < 1.29 is 14.6 Å². The molecule has 2 aromatic rings. The number of pyridine rings is 1. The Hall–Kier alpha value is -2.39. The smallest absolute Gasteiger partial charge is 0.356 e. The molecule has 4 rings (SSSR count). The summed E-state index contributed by atoms with van der Waals surface area (Å²) in [7, 11) is 0. The maximum absolute atomic E-state index is 11.7. The average molecular weight is 339 g/mol. The van der Waals surface area contributed by atoms with Gasteiger partial charge in [0, 0.05) is 12.8 Å². The van der Waals surface area contributed by atoms with E-state index < -0.39 is 11.4 Å². The predicted molar refractivity (Wildman–Crippen MR) is 90.7 cm³/mol. The lowest BCUT2D eigenvalue weighted by molar-refractivity contribution is -0.0593. The Bertz CT molecular complexity index is 903. The summed E-state index contributed by atoms with van der Waals surface area (Å²) in [5, 5.41) is 19.1. The van der Waals surface area contributed by atoms with Gasteiger partial charge in [-0.3, -0.25) is 0 Å². The largest absolute Gasteiger partial charge is 0.476 e. The summed E-state index contributed by atoms with van der Waals surface area (Å²) in [5.41, 5.74) is 1.44. The lowest BCUT2D eigenvalue weighted by Crippen LogP contribution is -2.33. The van der Waals surface area contributed by atoms with Gasteiger partial charge in [0.1, 0.15) is 11.1 Å². The highest BCUT2D eigenvalue weighted by Gasteiger charge is 2.50. The first-order valence-corrected chi connectivity index (χ1v) is 8.66. The average Bonchev–Trinajstić information content (AvgIpc) is 3.26. The Morgan fingerprint density at radius 1 is 1.48 bits per heavy atom. The molecule has 3 heterocycles. The van der Waals surface area contributed by atoms with Gasteiger partial charge in [-0.2, -0.15) is 5.26 Å². The summed E-state index contributed by atoms with van der Waals surface area (Å²) in [6.45, 7) is 4.91. The van der Waals surface area contributed by atoms with Gasteiger partial charge in [0.15, 0.2) is 5.69 Å².